The van der Waals surface area contributed by atoms with E-state index in [1.54, 1.807) is 23.7 Å². The summed E-state index contributed by atoms with van der Waals surface area (Å²) >= 11 is 1.67. The maximum atomic E-state index is 12.4. The lowest BCUT2D eigenvalue weighted by molar-refractivity contribution is -0.125. The Labute approximate surface area is 157 Å². The SMILES string of the molecule is CN(C)S(=O)(=O)CCNC(=O)C1CCc2sc(-c3ccncc3)nc2C1. The van der Waals surface area contributed by atoms with Gasteiger partial charge in [-0.3, -0.25) is 9.78 Å². The van der Waals surface area contributed by atoms with Crippen LogP contribution in [0.25, 0.3) is 10.6 Å². The summed E-state index contributed by atoms with van der Waals surface area (Å²) in [6, 6.07) is 3.86. The number of hydrogen-bond acceptors (Lipinski definition) is 6. The van der Waals surface area contributed by atoms with Gasteiger partial charge in [0.1, 0.15) is 5.01 Å². The summed E-state index contributed by atoms with van der Waals surface area (Å²) in [4.78, 5) is 22.3. The number of aromatic nitrogens is 2. The third kappa shape index (κ3) is 4.28. The van der Waals surface area contributed by atoms with Gasteiger partial charge in [-0.2, -0.15) is 0 Å². The molecule has 2 aromatic heterocycles. The Bertz CT molecular complexity index is 879. The first-order chi connectivity index (χ1) is 12.4. The molecule has 0 bridgehead atoms. The van der Waals surface area contributed by atoms with E-state index in [-0.39, 0.29) is 24.1 Å². The second kappa shape index (κ2) is 7.81. The molecule has 7 nitrogen and oxygen atoms in total. The molecule has 1 aliphatic rings. The minimum absolute atomic E-state index is 0.0907. The molecule has 1 N–H and O–H groups in total. The first-order valence-corrected chi connectivity index (χ1v) is 10.9. The van der Waals surface area contributed by atoms with Crippen molar-refractivity contribution in [2.45, 2.75) is 19.3 Å². The number of amides is 1. The van der Waals surface area contributed by atoms with Crippen LogP contribution < -0.4 is 5.32 Å². The van der Waals surface area contributed by atoms with Crippen molar-refractivity contribution in [1.29, 1.82) is 0 Å². The van der Waals surface area contributed by atoms with E-state index in [1.807, 2.05) is 12.1 Å². The summed E-state index contributed by atoms with van der Waals surface area (Å²) in [7, 11) is -0.321. The van der Waals surface area contributed by atoms with Crippen molar-refractivity contribution in [2.75, 3.05) is 26.4 Å². The Morgan fingerprint density at radius 2 is 2.08 bits per heavy atom. The van der Waals surface area contributed by atoms with E-state index in [0.29, 0.717) is 6.42 Å². The number of aryl methyl sites for hydroxylation is 1. The highest BCUT2D eigenvalue weighted by molar-refractivity contribution is 7.89. The Balaban J connectivity index is 1.60. The molecule has 0 fully saturated rings. The van der Waals surface area contributed by atoms with Gasteiger partial charge in [0, 0.05) is 55.8 Å². The highest BCUT2D eigenvalue weighted by Crippen LogP contribution is 2.34. The Morgan fingerprint density at radius 1 is 1.35 bits per heavy atom. The summed E-state index contributed by atoms with van der Waals surface area (Å²) in [5, 5.41) is 3.71. The molecule has 0 aromatic carbocycles. The molecule has 2 heterocycles. The monoisotopic (exact) mass is 394 g/mol. The molecule has 0 saturated heterocycles. The van der Waals surface area contributed by atoms with Gasteiger partial charge in [-0.05, 0) is 25.0 Å². The molecule has 0 spiro atoms. The van der Waals surface area contributed by atoms with E-state index in [1.165, 1.54) is 23.3 Å². The third-order valence-electron chi connectivity index (χ3n) is 4.45. The van der Waals surface area contributed by atoms with E-state index in [2.05, 4.69) is 10.3 Å². The van der Waals surface area contributed by atoms with Crippen molar-refractivity contribution < 1.29 is 13.2 Å². The molecule has 1 atom stereocenters. The van der Waals surface area contributed by atoms with Crippen molar-refractivity contribution >= 4 is 27.3 Å². The Morgan fingerprint density at radius 3 is 2.77 bits per heavy atom. The van der Waals surface area contributed by atoms with Crippen LogP contribution in [0.4, 0.5) is 0 Å². The number of carbonyl (C=O) groups is 1. The van der Waals surface area contributed by atoms with Gasteiger partial charge in [0.15, 0.2) is 0 Å². The third-order valence-corrected chi connectivity index (χ3v) is 7.49. The van der Waals surface area contributed by atoms with Crippen molar-refractivity contribution in [3.05, 3.63) is 35.1 Å². The fourth-order valence-corrected chi connectivity index (χ4v) is 4.69. The second-order valence-electron chi connectivity index (χ2n) is 6.45. The molecular formula is C17H22N4O3S2. The topological polar surface area (TPSA) is 92.3 Å². The predicted molar refractivity (Wildman–Crippen MR) is 101 cm³/mol. The first kappa shape index (κ1) is 18.9. The zero-order chi connectivity index (χ0) is 18.7. The zero-order valence-electron chi connectivity index (χ0n) is 14.8. The number of fused-ring (bicyclic) bond motifs is 1. The zero-order valence-corrected chi connectivity index (χ0v) is 16.4. The van der Waals surface area contributed by atoms with Gasteiger partial charge in [-0.1, -0.05) is 0 Å². The molecule has 0 saturated carbocycles. The molecule has 140 valence electrons. The lowest BCUT2D eigenvalue weighted by atomic mass is 9.90. The number of hydrogen-bond donors (Lipinski definition) is 1. The normalized spacial score (nSPS) is 17.1. The fourth-order valence-electron chi connectivity index (χ4n) is 2.85. The molecule has 0 radical (unpaired) electrons. The van der Waals surface area contributed by atoms with Crippen LogP contribution in [0.15, 0.2) is 24.5 Å². The van der Waals surface area contributed by atoms with Crippen LogP contribution in [0.5, 0.6) is 0 Å². The average molecular weight is 395 g/mol. The summed E-state index contributed by atoms with van der Waals surface area (Å²) in [6.07, 6.45) is 5.67. The molecule has 1 amide bonds. The van der Waals surface area contributed by atoms with Crippen LogP contribution in [-0.2, 0) is 27.7 Å². The van der Waals surface area contributed by atoms with Crippen LogP contribution >= 0.6 is 11.3 Å². The highest BCUT2D eigenvalue weighted by atomic mass is 32.2. The van der Waals surface area contributed by atoms with Crippen LogP contribution in [-0.4, -0.2) is 55.0 Å². The van der Waals surface area contributed by atoms with E-state index < -0.39 is 10.0 Å². The fraction of sp³-hybridized carbons (Fsp3) is 0.471. The largest absolute Gasteiger partial charge is 0.355 e. The lowest BCUT2D eigenvalue weighted by Gasteiger charge is -2.20. The van der Waals surface area contributed by atoms with Gasteiger partial charge in [0.05, 0.1) is 11.4 Å². The highest BCUT2D eigenvalue weighted by Gasteiger charge is 2.28. The smallest absolute Gasteiger partial charge is 0.223 e. The average Bonchev–Trinajstić information content (AvgIpc) is 3.05. The Kier molecular flexibility index (Phi) is 5.69. The molecule has 1 unspecified atom stereocenters. The second-order valence-corrected chi connectivity index (χ2v) is 9.84. The summed E-state index contributed by atoms with van der Waals surface area (Å²) in [5.41, 5.74) is 2.02. The van der Waals surface area contributed by atoms with Gasteiger partial charge in [0.25, 0.3) is 0 Å². The lowest BCUT2D eigenvalue weighted by Crippen LogP contribution is -2.38. The van der Waals surface area contributed by atoms with Gasteiger partial charge in [0.2, 0.25) is 15.9 Å². The van der Waals surface area contributed by atoms with Gasteiger partial charge in [-0.15, -0.1) is 11.3 Å². The van der Waals surface area contributed by atoms with E-state index in [9.17, 15) is 13.2 Å². The van der Waals surface area contributed by atoms with Crippen LogP contribution in [0, 0.1) is 5.92 Å². The molecule has 0 aliphatic heterocycles. The van der Waals surface area contributed by atoms with Crippen molar-refractivity contribution in [3.8, 4) is 10.6 Å². The number of nitrogens with zero attached hydrogens (tertiary/aromatic N) is 3. The van der Waals surface area contributed by atoms with E-state index in [0.717, 1.165) is 29.1 Å². The van der Waals surface area contributed by atoms with E-state index in [4.69, 9.17) is 4.98 Å². The number of rotatable bonds is 6. The molecule has 2 aromatic rings. The number of pyridine rings is 1. The van der Waals surface area contributed by atoms with Gasteiger partial charge < -0.3 is 5.32 Å². The van der Waals surface area contributed by atoms with Crippen molar-refractivity contribution in [1.82, 2.24) is 19.6 Å². The first-order valence-electron chi connectivity index (χ1n) is 8.43. The number of thiazole rings is 1. The molecule has 9 heteroatoms. The summed E-state index contributed by atoms with van der Waals surface area (Å²) in [6.45, 7) is 0.127. The molecular weight excluding hydrogens is 372 g/mol. The number of carbonyl (C=O) groups excluding carboxylic acids is 1. The number of sulfonamides is 1. The molecule has 26 heavy (non-hydrogen) atoms. The standard InChI is InChI=1S/C17H22N4O3S2/c1-21(2)26(23,24)10-9-19-16(22)13-3-4-15-14(11-13)20-17(25-15)12-5-7-18-8-6-12/h5-8,13H,3-4,9-11H2,1-2H3,(H,19,22). The quantitative estimate of drug-likeness (QED) is 0.798. The van der Waals surface area contributed by atoms with Crippen LogP contribution in [0.2, 0.25) is 0 Å². The van der Waals surface area contributed by atoms with E-state index >= 15 is 0 Å². The maximum absolute atomic E-state index is 12.4. The van der Waals surface area contributed by atoms with Crippen LogP contribution in [0.1, 0.15) is 17.0 Å². The Hall–Kier alpha value is -1.84. The van der Waals surface area contributed by atoms with Gasteiger partial charge in [-0.25, -0.2) is 17.7 Å². The summed E-state index contributed by atoms with van der Waals surface area (Å²) < 4.78 is 24.7. The van der Waals surface area contributed by atoms with Crippen molar-refractivity contribution in [3.63, 3.8) is 0 Å². The minimum Gasteiger partial charge on any atom is -0.355 e. The minimum atomic E-state index is -3.30. The molecule has 1 aliphatic carbocycles. The van der Waals surface area contributed by atoms with Crippen LogP contribution in [0.3, 0.4) is 0 Å². The maximum Gasteiger partial charge on any atom is 0.223 e. The molecule has 3 rings (SSSR count). The predicted octanol–water partition coefficient (Wildman–Crippen LogP) is 1.32. The van der Waals surface area contributed by atoms with Crippen molar-refractivity contribution in [2.24, 2.45) is 5.92 Å². The van der Waals surface area contributed by atoms with Gasteiger partial charge >= 0.3 is 0 Å². The summed E-state index contributed by atoms with van der Waals surface area (Å²) in [5.74, 6) is -0.341. The number of nitrogens with one attached hydrogen (secondary N) is 1.